The van der Waals surface area contributed by atoms with Crippen LogP contribution in [0.4, 0.5) is 5.69 Å². The van der Waals surface area contributed by atoms with Crippen LogP contribution >= 0.6 is 0 Å². The number of rotatable bonds is 5. The molecule has 0 unspecified atom stereocenters. The Labute approximate surface area is 142 Å². The van der Waals surface area contributed by atoms with E-state index in [9.17, 15) is 18.0 Å². The summed E-state index contributed by atoms with van der Waals surface area (Å²) in [5.41, 5.74) is 0.837. The molecule has 0 bridgehead atoms. The number of carbonyl (C=O) groups is 2. The fourth-order valence-corrected chi connectivity index (χ4v) is 3.47. The van der Waals surface area contributed by atoms with E-state index in [4.69, 9.17) is 0 Å². The molecule has 2 amide bonds. The van der Waals surface area contributed by atoms with Gasteiger partial charge in [0.15, 0.2) is 0 Å². The number of hydrogen-bond acceptors (Lipinski definition) is 4. The summed E-state index contributed by atoms with van der Waals surface area (Å²) in [6.45, 7) is 1.12. The Hall–Kier alpha value is -2.09. The SMILES string of the molecule is CN(C)C(=O)c1ccc(N(CC(=O)N2CCCC2)S(C)(=O)=O)cc1. The van der Waals surface area contributed by atoms with Crippen molar-refractivity contribution >= 4 is 27.5 Å². The molecule has 0 N–H and O–H groups in total. The van der Waals surface area contributed by atoms with Gasteiger partial charge in [-0.25, -0.2) is 8.42 Å². The number of sulfonamides is 1. The van der Waals surface area contributed by atoms with Gasteiger partial charge in [0.05, 0.1) is 11.9 Å². The standard InChI is InChI=1S/C16H23N3O4S/c1-17(2)16(21)13-6-8-14(9-7-13)19(24(3,22)23)12-15(20)18-10-4-5-11-18/h6-9H,4-5,10-12H2,1-3H3. The predicted octanol–water partition coefficient (Wildman–Crippen LogP) is 0.777. The number of carbonyl (C=O) groups excluding carboxylic acids is 2. The Kier molecular flexibility index (Phi) is 5.48. The second kappa shape index (κ2) is 7.21. The average molecular weight is 353 g/mol. The zero-order chi connectivity index (χ0) is 17.9. The quantitative estimate of drug-likeness (QED) is 0.784. The van der Waals surface area contributed by atoms with Gasteiger partial charge >= 0.3 is 0 Å². The average Bonchev–Trinajstić information content (AvgIpc) is 3.05. The van der Waals surface area contributed by atoms with Gasteiger partial charge in [-0.2, -0.15) is 0 Å². The summed E-state index contributed by atoms with van der Waals surface area (Å²) in [4.78, 5) is 27.3. The molecule has 1 aliphatic rings. The highest BCUT2D eigenvalue weighted by Gasteiger charge is 2.25. The predicted molar refractivity (Wildman–Crippen MR) is 92.5 cm³/mol. The summed E-state index contributed by atoms with van der Waals surface area (Å²) in [5, 5.41) is 0. The van der Waals surface area contributed by atoms with E-state index in [0.717, 1.165) is 23.4 Å². The van der Waals surface area contributed by atoms with Crippen LogP contribution in [0, 0.1) is 0 Å². The van der Waals surface area contributed by atoms with Gasteiger partial charge in [0.2, 0.25) is 15.9 Å². The lowest BCUT2D eigenvalue weighted by atomic mass is 10.2. The van der Waals surface area contributed by atoms with E-state index in [1.165, 1.54) is 4.90 Å². The van der Waals surface area contributed by atoms with Crippen LogP contribution in [0.25, 0.3) is 0 Å². The minimum absolute atomic E-state index is 0.166. The second-order valence-corrected chi connectivity index (χ2v) is 8.01. The van der Waals surface area contributed by atoms with Gasteiger partial charge in [-0.15, -0.1) is 0 Å². The highest BCUT2D eigenvalue weighted by molar-refractivity contribution is 7.92. The lowest BCUT2D eigenvalue weighted by molar-refractivity contribution is -0.128. The summed E-state index contributed by atoms with van der Waals surface area (Å²) >= 11 is 0. The second-order valence-electron chi connectivity index (χ2n) is 6.10. The van der Waals surface area contributed by atoms with Crippen molar-refractivity contribution in [1.82, 2.24) is 9.80 Å². The number of nitrogens with zero attached hydrogens (tertiary/aromatic N) is 3. The fourth-order valence-electron chi connectivity index (χ4n) is 2.62. The first-order chi connectivity index (χ1) is 11.2. The largest absolute Gasteiger partial charge is 0.345 e. The van der Waals surface area contributed by atoms with E-state index in [-0.39, 0.29) is 18.4 Å². The molecule has 1 heterocycles. The maximum absolute atomic E-state index is 12.3. The van der Waals surface area contributed by atoms with Gasteiger partial charge in [-0.05, 0) is 37.1 Å². The van der Waals surface area contributed by atoms with Crippen molar-refractivity contribution in [3.8, 4) is 0 Å². The third-order valence-corrected chi connectivity index (χ3v) is 5.09. The molecule has 2 rings (SSSR count). The van der Waals surface area contributed by atoms with Crippen molar-refractivity contribution in [2.45, 2.75) is 12.8 Å². The van der Waals surface area contributed by atoms with Crippen LogP contribution in [0.15, 0.2) is 24.3 Å². The fraction of sp³-hybridized carbons (Fsp3) is 0.500. The molecule has 1 aromatic carbocycles. The molecular formula is C16H23N3O4S. The molecule has 0 atom stereocenters. The lowest BCUT2D eigenvalue weighted by Crippen LogP contribution is -2.41. The number of likely N-dealkylation sites (tertiary alicyclic amines) is 1. The van der Waals surface area contributed by atoms with Crippen LogP contribution in [0.3, 0.4) is 0 Å². The van der Waals surface area contributed by atoms with E-state index in [2.05, 4.69) is 0 Å². The van der Waals surface area contributed by atoms with E-state index in [0.29, 0.717) is 24.3 Å². The van der Waals surface area contributed by atoms with Gasteiger partial charge in [-0.1, -0.05) is 0 Å². The van der Waals surface area contributed by atoms with E-state index < -0.39 is 10.0 Å². The number of anilines is 1. The van der Waals surface area contributed by atoms with Gasteiger partial charge in [0, 0.05) is 32.7 Å². The Balaban J connectivity index is 2.22. The van der Waals surface area contributed by atoms with Crippen LogP contribution in [0.5, 0.6) is 0 Å². The number of amides is 2. The molecule has 132 valence electrons. The highest BCUT2D eigenvalue weighted by atomic mass is 32.2. The van der Waals surface area contributed by atoms with E-state index in [1.807, 2.05) is 0 Å². The minimum Gasteiger partial charge on any atom is -0.345 e. The molecule has 1 aliphatic heterocycles. The van der Waals surface area contributed by atoms with Crippen LogP contribution in [0.1, 0.15) is 23.2 Å². The number of benzene rings is 1. The maximum atomic E-state index is 12.3. The Morgan fingerprint density at radius 3 is 2.08 bits per heavy atom. The Bertz CT molecular complexity index is 707. The van der Waals surface area contributed by atoms with E-state index >= 15 is 0 Å². The van der Waals surface area contributed by atoms with Crippen LogP contribution in [-0.2, 0) is 14.8 Å². The summed E-state index contributed by atoms with van der Waals surface area (Å²) in [7, 11) is -0.308. The van der Waals surface area contributed by atoms with Crippen molar-refractivity contribution in [3.05, 3.63) is 29.8 Å². The molecule has 8 heteroatoms. The molecule has 24 heavy (non-hydrogen) atoms. The topological polar surface area (TPSA) is 78.0 Å². The first-order valence-corrected chi connectivity index (χ1v) is 9.62. The van der Waals surface area contributed by atoms with Gasteiger partial charge < -0.3 is 9.80 Å². The molecule has 0 spiro atoms. The highest BCUT2D eigenvalue weighted by Crippen LogP contribution is 2.20. The van der Waals surface area contributed by atoms with Crippen molar-refractivity contribution in [1.29, 1.82) is 0 Å². The zero-order valence-electron chi connectivity index (χ0n) is 14.2. The van der Waals surface area contributed by atoms with Crippen LogP contribution < -0.4 is 4.31 Å². The van der Waals surface area contributed by atoms with Crippen LogP contribution in [-0.4, -0.2) is 70.0 Å². The minimum atomic E-state index is -3.60. The van der Waals surface area contributed by atoms with Gasteiger partial charge in [0.1, 0.15) is 6.54 Å². The molecular weight excluding hydrogens is 330 g/mol. The van der Waals surface area contributed by atoms with Crippen molar-refractivity contribution in [2.24, 2.45) is 0 Å². The van der Waals surface area contributed by atoms with Gasteiger partial charge in [0.25, 0.3) is 5.91 Å². The van der Waals surface area contributed by atoms with Crippen molar-refractivity contribution in [3.63, 3.8) is 0 Å². The first kappa shape index (κ1) is 18.3. The molecule has 0 radical (unpaired) electrons. The van der Waals surface area contributed by atoms with Crippen LogP contribution in [0.2, 0.25) is 0 Å². The molecule has 7 nitrogen and oxygen atoms in total. The van der Waals surface area contributed by atoms with Gasteiger partial charge in [-0.3, -0.25) is 13.9 Å². The molecule has 1 fully saturated rings. The molecule has 0 saturated carbocycles. The summed E-state index contributed by atoms with van der Waals surface area (Å²) < 4.78 is 25.3. The zero-order valence-corrected chi connectivity index (χ0v) is 15.0. The number of hydrogen-bond donors (Lipinski definition) is 0. The molecule has 1 aromatic rings. The summed E-state index contributed by atoms with van der Waals surface area (Å²) in [6, 6.07) is 6.23. The van der Waals surface area contributed by atoms with Crippen molar-refractivity contribution in [2.75, 3.05) is 44.3 Å². The Morgan fingerprint density at radius 2 is 1.62 bits per heavy atom. The summed E-state index contributed by atoms with van der Waals surface area (Å²) in [5.74, 6) is -0.369. The first-order valence-electron chi connectivity index (χ1n) is 7.77. The maximum Gasteiger partial charge on any atom is 0.253 e. The smallest absolute Gasteiger partial charge is 0.253 e. The summed E-state index contributed by atoms with van der Waals surface area (Å²) in [6.07, 6.45) is 2.97. The molecule has 0 aliphatic carbocycles. The normalized spacial score (nSPS) is 14.5. The van der Waals surface area contributed by atoms with Crippen molar-refractivity contribution < 1.29 is 18.0 Å². The molecule has 0 aromatic heterocycles. The third kappa shape index (κ3) is 4.25. The molecule has 1 saturated heterocycles. The Morgan fingerprint density at radius 1 is 1.08 bits per heavy atom. The lowest BCUT2D eigenvalue weighted by Gasteiger charge is -2.25. The third-order valence-electron chi connectivity index (χ3n) is 3.95. The van der Waals surface area contributed by atoms with E-state index in [1.54, 1.807) is 43.3 Å². The monoisotopic (exact) mass is 353 g/mol.